The predicted molar refractivity (Wildman–Crippen MR) is 97.4 cm³/mol. The zero-order valence-corrected chi connectivity index (χ0v) is 12.4. The van der Waals surface area contributed by atoms with Crippen molar-refractivity contribution in [2.24, 2.45) is 0 Å². The fraction of sp³-hybridized carbons (Fsp3) is 0.333. The average molecular weight is 292 g/mol. The minimum atomic E-state index is -0.321. The molecular weight excluding hydrogens is 268 g/mol. The van der Waals surface area contributed by atoms with Crippen LogP contribution in [0.3, 0.4) is 0 Å². The summed E-state index contributed by atoms with van der Waals surface area (Å²) in [5.74, 6) is 0. The van der Waals surface area contributed by atoms with Crippen molar-refractivity contribution in [3.8, 4) is 0 Å². The molecule has 0 bridgehead atoms. The van der Waals surface area contributed by atoms with Gasteiger partial charge in [-0.1, -0.05) is 69.1 Å². The van der Waals surface area contributed by atoms with Crippen LogP contribution in [-0.2, 0) is 10.3 Å². The maximum atomic E-state index is 6.61. The van der Waals surface area contributed by atoms with Crippen molar-refractivity contribution in [1.29, 1.82) is 0 Å². The van der Waals surface area contributed by atoms with Gasteiger partial charge in [0, 0.05) is 6.04 Å². The van der Waals surface area contributed by atoms with E-state index in [1.807, 2.05) is 0 Å². The molecule has 0 unspecified atom stereocenters. The second-order valence-electron chi connectivity index (χ2n) is 6.08. The van der Waals surface area contributed by atoms with E-state index in [-0.39, 0.29) is 21.1 Å². The van der Waals surface area contributed by atoms with Crippen LogP contribution in [0.2, 0.25) is 6.82 Å². The van der Waals surface area contributed by atoms with Gasteiger partial charge in [0.2, 0.25) is 0 Å². The summed E-state index contributed by atoms with van der Waals surface area (Å²) in [6.07, 6.45) is 2.47. The molecule has 0 aliphatic carbocycles. The first kappa shape index (κ1) is 15.4. The first-order valence-electron chi connectivity index (χ1n) is 7.87. The van der Waals surface area contributed by atoms with Gasteiger partial charge < -0.3 is 9.47 Å². The fourth-order valence-electron chi connectivity index (χ4n) is 4.14. The van der Waals surface area contributed by atoms with Crippen LogP contribution < -0.4 is 0 Å². The molecule has 0 N–H and O–H groups in total. The highest BCUT2D eigenvalue weighted by molar-refractivity contribution is 6.48. The Bertz CT molecular complexity index is 580. The monoisotopic (exact) mass is 292 g/mol. The molecule has 1 atom stereocenters. The maximum absolute atomic E-state index is 6.61. The summed E-state index contributed by atoms with van der Waals surface area (Å²) in [5.41, 5.74) is 2.23. The molecule has 2 fully saturated rings. The van der Waals surface area contributed by atoms with E-state index >= 15 is 0 Å². The molecule has 0 amide bonds. The van der Waals surface area contributed by atoms with E-state index in [1.165, 1.54) is 24.0 Å². The summed E-state index contributed by atoms with van der Waals surface area (Å²) in [6.45, 7) is 3.33. The first-order valence-corrected chi connectivity index (χ1v) is 7.87. The topological polar surface area (TPSA) is 12.5 Å². The summed E-state index contributed by atoms with van der Waals surface area (Å²) >= 11 is 0. The van der Waals surface area contributed by atoms with E-state index in [4.69, 9.17) is 4.65 Å². The Labute approximate surface area is 135 Å². The normalized spacial score (nSPS) is 23.1. The van der Waals surface area contributed by atoms with Crippen molar-refractivity contribution in [1.82, 2.24) is 4.81 Å². The third kappa shape index (κ3) is 2.13. The number of benzene rings is 2. The predicted octanol–water partition coefficient (Wildman–Crippen LogP) is 2.09. The molecule has 0 spiro atoms. The molecule has 2 saturated heterocycles. The lowest BCUT2D eigenvalue weighted by molar-refractivity contribution is 0.106. The van der Waals surface area contributed by atoms with Gasteiger partial charge in [-0.25, -0.2) is 0 Å². The highest BCUT2D eigenvalue weighted by Gasteiger charge is 2.56. The highest BCUT2D eigenvalue weighted by atomic mass is 16.5. The number of rotatable bonds is 2. The van der Waals surface area contributed by atoms with Crippen LogP contribution in [0, 0.1) is 0 Å². The van der Waals surface area contributed by atoms with Crippen molar-refractivity contribution in [3.63, 3.8) is 0 Å². The molecule has 4 heteroatoms. The second-order valence-corrected chi connectivity index (χ2v) is 6.08. The number of nitrogens with zero attached hydrogens (tertiary/aromatic N) is 1. The lowest BCUT2D eigenvalue weighted by Gasteiger charge is -2.36. The number of hydrogen-bond donors (Lipinski definition) is 0. The van der Waals surface area contributed by atoms with Gasteiger partial charge in [-0.3, -0.25) is 0 Å². The van der Waals surface area contributed by atoms with Crippen LogP contribution in [-0.4, -0.2) is 32.9 Å². The summed E-state index contributed by atoms with van der Waals surface area (Å²) in [4.78, 5) is 2.53. The van der Waals surface area contributed by atoms with E-state index in [9.17, 15) is 0 Å². The van der Waals surface area contributed by atoms with Crippen molar-refractivity contribution >= 4 is 15.5 Å². The zero-order valence-electron chi connectivity index (χ0n) is 12.4. The van der Waals surface area contributed by atoms with Gasteiger partial charge in [-0.2, -0.15) is 0 Å². The molecular formula is C18H24B2NO-. The molecule has 4 rings (SSSR count). The Morgan fingerprint density at radius 2 is 1.55 bits per heavy atom. The van der Waals surface area contributed by atoms with Crippen LogP contribution in [0.5, 0.6) is 0 Å². The lowest BCUT2D eigenvalue weighted by Crippen LogP contribution is -2.41. The summed E-state index contributed by atoms with van der Waals surface area (Å²) in [6, 6.07) is 21.9. The Hall–Kier alpha value is -1.51. The van der Waals surface area contributed by atoms with E-state index < -0.39 is 0 Å². The Balaban J connectivity index is 0.00000144. The third-order valence-corrected chi connectivity index (χ3v) is 4.99. The van der Waals surface area contributed by atoms with Gasteiger partial charge in [-0.15, -0.1) is 0 Å². The molecule has 0 radical (unpaired) electrons. The van der Waals surface area contributed by atoms with Crippen molar-refractivity contribution in [2.45, 2.75) is 31.3 Å². The number of fused-ring (bicyclic) bond motifs is 1. The maximum Gasteiger partial charge on any atom is 0.380 e. The van der Waals surface area contributed by atoms with Gasteiger partial charge in [0.15, 0.2) is 0 Å². The Kier molecular flexibility index (Phi) is 4.16. The summed E-state index contributed by atoms with van der Waals surface area (Å²) in [7, 11) is 0.179. The summed E-state index contributed by atoms with van der Waals surface area (Å²) < 4.78 is 6.61. The Morgan fingerprint density at radius 1 is 1.00 bits per heavy atom. The molecule has 0 saturated carbocycles. The molecule has 114 valence electrons. The molecule has 22 heavy (non-hydrogen) atoms. The van der Waals surface area contributed by atoms with Crippen molar-refractivity contribution < 1.29 is 4.65 Å². The van der Waals surface area contributed by atoms with Gasteiger partial charge >= 0.3 is 7.05 Å². The standard InChI is InChI=1S/C18H20BNO.BH4/c1-19-20-14-8-13-17(20)18(21-19,15-9-4-2-5-10-15)16-11-6-3-7-12-16;/h2-7,9-12,17H,8,13-14H2,1H3;1H4/q;-1/t17-;/m1./s1. The molecule has 2 heterocycles. The minimum Gasteiger partial charge on any atom is -0.406 e. The molecule has 2 aliphatic rings. The third-order valence-electron chi connectivity index (χ3n) is 4.99. The molecule has 2 aromatic rings. The zero-order chi connectivity index (χ0) is 14.3. The van der Waals surface area contributed by atoms with E-state index in [0.29, 0.717) is 6.04 Å². The van der Waals surface area contributed by atoms with Crippen molar-refractivity contribution in [3.05, 3.63) is 71.8 Å². The summed E-state index contributed by atoms with van der Waals surface area (Å²) in [5, 5.41) is 0. The molecule has 2 aliphatic heterocycles. The molecule has 2 aromatic carbocycles. The fourth-order valence-corrected chi connectivity index (χ4v) is 4.14. The van der Waals surface area contributed by atoms with Crippen molar-refractivity contribution in [2.75, 3.05) is 6.54 Å². The van der Waals surface area contributed by atoms with Crippen LogP contribution in [0.4, 0.5) is 0 Å². The van der Waals surface area contributed by atoms with Crippen LogP contribution in [0.25, 0.3) is 0 Å². The van der Waals surface area contributed by atoms with Gasteiger partial charge in [-0.05, 0) is 37.3 Å². The second kappa shape index (κ2) is 5.94. The highest BCUT2D eigenvalue weighted by Crippen LogP contribution is 2.48. The van der Waals surface area contributed by atoms with E-state index in [0.717, 1.165) is 6.54 Å². The minimum absolute atomic E-state index is 0. The van der Waals surface area contributed by atoms with E-state index in [2.05, 4.69) is 72.3 Å². The van der Waals surface area contributed by atoms with Gasteiger partial charge in [0.1, 0.15) is 5.60 Å². The van der Waals surface area contributed by atoms with Crippen LogP contribution in [0.15, 0.2) is 60.7 Å². The van der Waals surface area contributed by atoms with Gasteiger partial charge in [0.25, 0.3) is 0 Å². The van der Waals surface area contributed by atoms with Crippen LogP contribution >= 0.6 is 0 Å². The first-order chi connectivity index (χ1) is 10.3. The van der Waals surface area contributed by atoms with Crippen LogP contribution in [0.1, 0.15) is 24.0 Å². The van der Waals surface area contributed by atoms with Gasteiger partial charge in [0.05, 0.1) is 0 Å². The Morgan fingerprint density at radius 3 is 2.09 bits per heavy atom. The smallest absolute Gasteiger partial charge is 0.380 e. The van der Waals surface area contributed by atoms with E-state index in [1.54, 1.807) is 0 Å². The SMILES string of the molecule is CB1OC(c2ccccc2)(c2ccccc2)[C@H]2CCCN12.[BH4-]. The quantitative estimate of drug-likeness (QED) is 0.786. The largest absolute Gasteiger partial charge is 0.406 e. The molecule has 0 aromatic heterocycles. The number of hydrogen-bond acceptors (Lipinski definition) is 2. The molecule has 2 nitrogen and oxygen atoms in total. The lowest BCUT2D eigenvalue weighted by atomic mass is 9.79. The average Bonchev–Trinajstić information content (AvgIpc) is 3.13.